The van der Waals surface area contributed by atoms with Crippen LogP contribution in [0.1, 0.15) is 25.7 Å². The van der Waals surface area contributed by atoms with Gasteiger partial charge in [0.2, 0.25) is 5.91 Å². The van der Waals surface area contributed by atoms with E-state index in [1.807, 2.05) is 0 Å². The Hall–Kier alpha value is -1.26. The molecule has 1 aromatic carbocycles. The normalized spacial score (nSPS) is 17.3. The minimum absolute atomic E-state index is 0.000969. The third-order valence-corrected chi connectivity index (χ3v) is 3.40. The van der Waals surface area contributed by atoms with Crippen molar-refractivity contribution < 1.29 is 9.90 Å². The Kier molecular flexibility index (Phi) is 3.26. The Morgan fingerprint density at radius 2 is 2.24 bits per heavy atom. The van der Waals surface area contributed by atoms with Crippen LogP contribution in [0.3, 0.4) is 0 Å². The quantitative estimate of drug-likeness (QED) is 0.724. The lowest BCUT2D eigenvalue weighted by atomic mass is 9.75. The summed E-state index contributed by atoms with van der Waals surface area (Å²) in [6.07, 6.45) is 3.22. The number of aromatic hydroxyl groups is 1. The monoisotopic (exact) mass is 254 g/mol. The molecule has 4 N–H and O–H groups in total. The van der Waals surface area contributed by atoms with Gasteiger partial charge >= 0.3 is 0 Å². The summed E-state index contributed by atoms with van der Waals surface area (Å²) in [6.45, 7) is 0. The van der Waals surface area contributed by atoms with E-state index < -0.39 is 0 Å². The Labute approximate surface area is 105 Å². The lowest BCUT2D eigenvalue weighted by molar-refractivity contribution is -0.118. The number of nitrogens with two attached hydrogens (primary N) is 1. The molecular weight excluding hydrogens is 240 g/mol. The van der Waals surface area contributed by atoms with Crippen LogP contribution >= 0.6 is 11.6 Å². The molecule has 1 saturated carbocycles. The summed E-state index contributed by atoms with van der Waals surface area (Å²) in [6, 6.07) is 4.56. The Balaban J connectivity index is 1.95. The van der Waals surface area contributed by atoms with Crippen LogP contribution in [-0.4, -0.2) is 16.6 Å². The van der Waals surface area contributed by atoms with Gasteiger partial charge in [-0.05, 0) is 37.5 Å². The number of anilines is 1. The highest BCUT2D eigenvalue weighted by Crippen LogP contribution is 2.32. The first kappa shape index (κ1) is 12.2. The fourth-order valence-electron chi connectivity index (χ4n) is 1.92. The van der Waals surface area contributed by atoms with E-state index in [1.165, 1.54) is 12.1 Å². The van der Waals surface area contributed by atoms with E-state index in [4.69, 9.17) is 17.3 Å². The zero-order valence-corrected chi connectivity index (χ0v) is 10.1. The van der Waals surface area contributed by atoms with Crippen LogP contribution in [0.25, 0.3) is 0 Å². The number of nitrogens with one attached hydrogen (secondary N) is 1. The molecule has 2 rings (SSSR count). The maximum absolute atomic E-state index is 11.7. The van der Waals surface area contributed by atoms with Crippen molar-refractivity contribution in [1.29, 1.82) is 0 Å². The highest BCUT2D eigenvalue weighted by molar-refractivity contribution is 6.32. The molecule has 0 bridgehead atoms. The number of phenols is 1. The Morgan fingerprint density at radius 3 is 2.76 bits per heavy atom. The van der Waals surface area contributed by atoms with Gasteiger partial charge in [0.1, 0.15) is 5.75 Å². The highest BCUT2D eigenvalue weighted by Gasteiger charge is 2.34. The van der Waals surface area contributed by atoms with Gasteiger partial charge in [-0.1, -0.05) is 11.6 Å². The van der Waals surface area contributed by atoms with Crippen molar-refractivity contribution in [3.05, 3.63) is 23.2 Å². The van der Waals surface area contributed by atoms with E-state index in [0.717, 1.165) is 19.3 Å². The lowest BCUT2D eigenvalue weighted by Gasteiger charge is -2.37. The number of benzene rings is 1. The number of carbonyl (C=O) groups excluding carboxylic acids is 1. The molecule has 0 aromatic heterocycles. The molecule has 0 atom stereocenters. The molecule has 0 aliphatic heterocycles. The topological polar surface area (TPSA) is 75.4 Å². The largest absolute Gasteiger partial charge is 0.506 e. The predicted molar refractivity (Wildman–Crippen MR) is 67.1 cm³/mol. The van der Waals surface area contributed by atoms with E-state index >= 15 is 0 Å². The average Bonchev–Trinajstić information content (AvgIpc) is 2.21. The summed E-state index contributed by atoms with van der Waals surface area (Å²) in [5.74, 6) is -0.118. The van der Waals surface area contributed by atoms with E-state index in [9.17, 15) is 9.90 Å². The molecule has 0 saturated heterocycles. The number of carbonyl (C=O) groups is 1. The van der Waals surface area contributed by atoms with E-state index in [1.54, 1.807) is 6.07 Å². The van der Waals surface area contributed by atoms with Gasteiger partial charge in [-0.3, -0.25) is 4.79 Å². The van der Waals surface area contributed by atoms with Crippen molar-refractivity contribution in [3.8, 4) is 5.75 Å². The number of hydrogen-bond acceptors (Lipinski definition) is 3. The first-order chi connectivity index (χ1) is 7.98. The van der Waals surface area contributed by atoms with Crippen molar-refractivity contribution in [2.75, 3.05) is 5.32 Å². The minimum Gasteiger partial charge on any atom is -0.506 e. The molecule has 1 aliphatic rings. The first-order valence-corrected chi connectivity index (χ1v) is 5.94. The fourth-order valence-corrected chi connectivity index (χ4v) is 2.10. The van der Waals surface area contributed by atoms with Crippen molar-refractivity contribution in [2.45, 2.75) is 31.2 Å². The smallest absolute Gasteiger partial charge is 0.226 e. The maximum atomic E-state index is 11.7. The molecule has 1 amide bonds. The standard InChI is InChI=1S/C12H15ClN2O2/c13-9-6-8(2-3-10(9)16)15-11(17)7-12(14)4-1-5-12/h2-3,6,16H,1,4-5,7,14H2,(H,15,17). The highest BCUT2D eigenvalue weighted by atomic mass is 35.5. The molecule has 0 unspecified atom stereocenters. The number of hydrogen-bond donors (Lipinski definition) is 3. The first-order valence-electron chi connectivity index (χ1n) is 5.56. The van der Waals surface area contributed by atoms with Gasteiger partial charge in [0.15, 0.2) is 0 Å². The zero-order valence-electron chi connectivity index (χ0n) is 9.37. The maximum Gasteiger partial charge on any atom is 0.226 e. The Morgan fingerprint density at radius 1 is 1.53 bits per heavy atom. The van der Waals surface area contributed by atoms with Crippen LogP contribution in [-0.2, 0) is 4.79 Å². The predicted octanol–water partition coefficient (Wildman–Crippen LogP) is 2.26. The molecule has 0 spiro atoms. The van der Waals surface area contributed by atoms with Gasteiger partial charge in [-0.2, -0.15) is 0 Å². The van der Waals surface area contributed by atoms with Crippen molar-refractivity contribution in [1.82, 2.24) is 0 Å². The second kappa shape index (κ2) is 4.55. The fraction of sp³-hybridized carbons (Fsp3) is 0.417. The SMILES string of the molecule is NC1(CC(=O)Nc2ccc(O)c(Cl)c2)CCC1. The third-order valence-electron chi connectivity index (χ3n) is 3.09. The van der Waals surface area contributed by atoms with Gasteiger partial charge in [-0.25, -0.2) is 0 Å². The van der Waals surface area contributed by atoms with Gasteiger partial charge in [0, 0.05) is 17.6 Å². The number of phenolic OH excluding ortho intramolecular Hbond substituents is 1. The van der Waals surface area contributed by atoms with Crippen molar-refractivity contribution in [2.24, 2.45) is 5.73 Å². The molecular formula is C12H15ClN2O2. The van der Waals surface area contributed by atoms with E-state index in [2.05, 4.69) is 5.32 Å². The molecule has 5 heteroatoms. The van der Waals surface area contributed by atoms with Gasteiger partial charge in [0.05, 0.1) is 5.02 Å². The Bertz CT molecular complexity index is 444. The lowest BCUT2D eigenvalue weighted by Crippen LogP contribution is -2.48. The second-order valence-electron chi connectivity index (χ2n) is 4.61. The number of amides is 1. The summed E-state index contributed by atoms with van der Waals surface area (Å²) in [4.78, 5) is 11.7. The van der Waals surface area contributed by atoms with Crippen LogP contribution in [0.15, 0.2) is 18.2 Å². The summed E-state index contributed by atoms with van der Waals surface area (Å²) < 4.78 is 0. The van der Waals surface area contributed by atoms with Crippen LogP contribution in [0.2, 0.25) is 5.02 Å². The summed E-state index contributed by atoms with van der Waals surface area (Å²) in [7, 11) is 0. The molecule has 1 aromatic rings. The molecule has 17 heavy (non-hydrogen) atoms. The summed E-state index contributed by atoms with van der Waals surface area (Å²) in [5.41, 5.74) is 6.23. The number of rotatable bonds is 3. The van der Waals surface area contributed by atoms with Crippen molar-refractivity contribution in [3.63, 3.8) is 0 Å². The van der Waals surface area contributed by atoms with Gasteiger partial charge in [-0.15, -0.1) is 0 Å². The van der Waals surface area contributed by atoms with Crippen LogP contribution in [0, 0.1) is 0 Å². The van der Waals surface area contributed by atoms with E-state index in [0.29, 0.717) is 12.1 Å². The van der Waals surface area contributed by atoms with Gasteiger partial charge < -0.3 is 16.2 Å². The molecule has 4 nitrogen and oxygen atoms in total. The molecule has 1 aliphatic carbocycles. The summed E-state index contributed by atoms with van der Waals surface area (Å²) >= 11 is 5.74. The minimum atomic E-state index is -0.329. The van der Waals surface area contributed by atoms with Crippen LogP contribution in [0.4, 0.5) is 5.69 Å². The second-order valence-corrected chi connectivity index (χ2v) is 5.01. The van der Waals surface area contributed by atoms with Crippen LogP contribution < -0.4 is 11.1 Å². The number of halogens is 1. The zero-order chi connectivity index (χ0) is 12.5. The molecule has 0 radical (unpaired) electrons. The molecule has 92 valence electrons. The molecule has 1 fully saturated rings. The summed E-state index contributed by atoms with van der Waals surface area (Å²) in [5, 5.41) is 12.2. The van der Waals surface area contributed by atoms with Crippen LogP contribution in [0.5, 0.6) is 5.75 Å². The van der Waals surface area contributed by atoms with Gasteiger partial charge in [0.25, 0.3) is 0 Å². The van der Waals surface area contributed by atoms with E-state index in [-0.39, 0.29) is 22.2 Å². The average molecular weight is 255 g/mol. The molecule has 0 heterocycles. The third kappa shape index (κ3) is 2.90. The van der Waals surface area contributed by atoms with Crippen molar-refractivity contribution >= 4 is 23.2 Å².